The summed E-state index contributed by atoms with van der Waals surface area (Å²) in [6.45, 7) is 1.80. The zero-order valence-corrected chi connectivity index (χ0v) is 12.3. The molecule has 1 fully saturated rings. The Morgan fingerprint density at radius 3 is 2.90 bits per heavy atom. The van der Waals surface area contributed by atoms with Crippen LogP contribution in [0.25, 0.3) is 0 Å². The Balaban J connectivity index is 1.84. The second-order valence-corrected chi connectivity index (χ2v) is 5.67. The molecule has 3 rings (SSSR count). The lowest BCUT2D eigenvalue weighted by atomic mass is 10.0. The number of fused-ring (bicyclic) bond motifs is 1. The zero-order chi connectivity index (χ0) is 14.8. The Hall–Kier alpha value is -1.88. The van der Waals surface area contributed by atoms with Gasteiger partial charge in [-0.2, -0.15) is 0 Å². The lowest BCUT2D eigenvalue weighted by molar-refractivity contribution is -0.125. The van der Waals surface area contributed by atoms with Gasteiger partial charge in [-0.15, -0.1) is 0 Å². The molecule has 2 aliphatic rings. The van der Waals surface area contributed by atoms with Crippen molar-refractivity contribution in [2.75, 3.05) is 26.7 Å². The van der Waals surface area contributed by atoms with Crippen LogP contribution in [0.5, 0.6) is 0 Å². The summed E-state index contributed by atoms with van der Waals surface area (Å²) in [5.41, 5.74) is 3.34. The highest BCUT2D eigenvalue weighted by Gasteiger charge is 2.32. The minimum Gasteiger partial charge on any atom is -0.357 e. The van der Waals surface area contributed by atoms with Crippen LogP contribution in [0, 0.1) is 0 Å². The number of amides is 2. The van der Waals surface area contributed by atoms with Crippen molar-refractivity contribution >= 4 is 11.8 Å². The van der Waals surface area contributed by atoms with Gasteiger partial charge in [0, 0.05) is 32.2 Å². The fraction of sp³-hybridized carbons (Fsp3) is 0.500. The first-order valence-electron chi connectivity index (χ1n) is 7.56. The zero-order valence-electron chi connectivity index (χ0n) is 12.3. The molecular formula is C16H21N3O2. The van der Waals surface area contributed by atoms with Crippen LogP contribution >= 0.6 is 0 Å². The maximum absolute atomic E-state index is 12.7. The maximum atomic E-state index is 12.7. The summed E-state index contributed by atoms with van der Waals surface area (Å²) in [5.74, 6) is -0.156. The molecule has 1 aliphatic carbocycles. The summed E-state index contributed by atoms with van der Waals surface area (Å²) >= 11 is 0. The Bertz CT molecular complexity index is 571. The van der Waals surface area contributed by atoms with Crippen LogP contribution in [0.4, 0.5) is 0 Å². The molecule has 1 heterocycles. The van der Waals surface area contributed by atoms with E-state index >= 15 is 0 Å². The van der Waals surface area contributed by atoms with E-state index in [0.29, 0.717) is 18.7 Å². The Morgan fingerprint density at radius 2 is 2.10 bits per heavy atom. The predicted octanol–water partition coefficient (Wildman–Crippen LogP) is 0.335. The summed E-state index contributed by atoms with van der Waals surface area (Å²) in [4.78, 5) is 26.4. The van der Waals surface area contributed by atoms with E-state index in [1.807, 2.05) is 12.1 Å². The molecule has 0 bridgehead atoms. The normalized spacial score (nSPS) is 21.0. The highest BCUT2D eigenvalue weighted by Crippen LogP contribution is 2.24. The first-order valence-corrected chi connectivity index (χ1v) is 7.56. The summed E-state index contributed by atoms with van der Waals surface area (Å²) in [6, 6.07) is 5.54. The second-order valence-electron chi connectivity index (χ2n) is 5.67. The molecule has 1 atom stereocenters. The molecule has 0 saturated carbocycles. The van der Waals surface area contributed by atoms with E-state index in [0.717, 1.165) is 19.4 Å². The van der Waals surface area contributed by atoms with Gasteiger partial charge in [-0.1, -0.05) is 6.07 Å². The van der Waals surface area contributed by atoms with Crippen molar-refractivity contribution in [1.82, 2.24) is 15.5 Å². The number of hydrogen-bond donors (Lipinski definition) is 2. The van der Waals surface area contributed by atoms with E-state index in [2.05, 4.69) is 16.7 Å². The molecule has 1 aromatic carbocycles. The van der Waals surface area contributed by atoms with Gasteiger partial charge in [0.25, 0.3) is 5.91 Å². The standard InChI is InChI=1S/C16H21N3O2/c1-17-15(20)14-10-18-7-8-19(14)16(21)13-6-5-11-3-2-4-12(11)9-13/h5-6,9,14,18H,2-4,7-8,10H2,1H3,(H,17,20). The maximum Gasteiger partial charge on any atom is 0.254 e. The number of carbonyl (C=O) groups excluding carboxylic acids is 2. The van der Waals surface area contributed by atoms with Crippen LogP contribution in [-0.4, -0.2) is 49.4 Å². The quantitative estimate of drug-likeness (QED) is 0.824. The van der Waals surface area contributed by atoms with Gasteiger partial charge in [0.1, 0.15) is 6.04 Å². The smallest absolute Gasteiger partial charge is 0.254 e. The predicted molar refractivity (Wildman–Crippen MR) is 80.2 cm³/mol. The summed E-state index contributed by atoms with van der Waals surface area (Å²) in [6.07, 6.45) is 3.33. The number of nitrogens with one attached hydrogen (secondary N) is 2. The fourth-order valence-electron chi connectivity index (χ4n) is 3.22. The molecule has 5 nitrogen and oxygen atoms in total. The van der Waals surface area contributed by atoms with Crippen molar-refractivity contribution < 1.29 is 9.59 Å². The number of rotatable bonds is 2. The Labute approximate surface area is 124 Å². The number of nitrogens with zero attached hydrogens (tertiary/aromatic N) is 1. The van der Waals surface area contributed by atoms with E-state index in [4.69, 9.17) is 0 Å². The van der Waals surface area contributed by atoms with Crippen LogP contribution in [0.3, 0.4) is 0 Å². The van der Waals surface area contributed by atoms with Crippen LogP contribution in [0.1, 0.15) is 27.9 Å². The molecule has 21 heavy (non-hydrogen) atoms. The molecule has 1 unspecified atom stereocenters. The molecule has 5 heteroatoms. The molecule has 0 spiro atoms. The van der Waals surface area contributed by atoms with Crippen molar-refractivity contribution in [3.63, 3.8) is 0 Å². The third-order valence-electron chi connectivity index (χ3n) is 4.40. The topological polar surface area (TPSA) is 61.4 Å². The molecular weight excluding hydrogens is 266 g/mol. The van der Waals surface area contributed by atoms with E-state index in [-0.39, 0.29) is 11.8 Å². The largest absolute Gasteiger partial charge is 0.357 e. The van der Waals surface area contributed by atoms with Gasteiger partial charge in [-0.25, -0.2) is 0 Å². The van der Waals surface area contributed by atoms with E-state index < -0.39 is 6.04 Å². The molecule has 2 amide bonds. The van der Waals surface area contributed by atoms with Crippen molar-refractivity contribution in [3.8, 4) is 0 Å². The van der Waals surface area contributed by atoms with Crippen molar-refractivity contribution in [2.24, 2.45) is 0 Å². The van der Waals surface area contributed by atoms with E-state index in [9.17, 15) is 9.59 Å². The highest BCUT2D eigenvalue weighted by atomic mass is 16.2. The van der Waals surface area contributed by atoms with Gasteiger partial charge in [0.2, 0.25) is 5.91 Å². The average molecular weight is 287 g/mol. The first kappa shape index (κ1) is 14.1. The molecule has 0 aromatic heterocycles. The summed E-state index contributed by atoms with van der Waals surface area (Å²) in [7, 11) is 1.61. The van der Waals surface area contributed by atoms with Crippen molar-refractivity contribution in [3.05, 3.63) is 34.9 Å². The molecule has 2 N–H and O–H groups in total. The van der Waals surface area contributed by atoms with Crippen LogP contribution in [0.15, 0.2) is 18.2 Å². The number of carbonyl (C=O) groups is 2. The molecule has 1 aliphatic heterocycles. The van der Waals surface area contributed by atoms with Crippen molar-refractivity contribution in [2.45, 2.75) is 25.3 Å². The van der Waals surface area contributed by atoms with Gasteiger partial charge < -0.3 is 15.5 Å². The van der Waals surface area contributed by atoms with Gasteiger partial charge in [-0.3, -0.25) is 9.59 Å². The first-order chi connectivity index (χ1) is 10.2. The lowest BCUT2D eigenvalue weighted by Gasteiger charge is -2.35. The van der Waals surface area contributed by atoms with Crippen LogP contribution in [0.2, 0.25) is 0 Å². The number of aryl methyl sites for hydroxylation is 2. The second kappa shape index (κ2) is 5.85. The van der Waals surface area contributed by atoms with Gasteiger partial charge in [0.05, 0.1) is 0 Å². The number of likely N-dealkylation sites (N-methyl/N-ethyl adjacent to an activating group) is 1. The van der Waals surface area contributed by atoms with E-state index in [1.165, 1.54) is 17.5 Å². The number of benzene rings is 1. The Morgan fingerprint density at radius 1 is 1.29 bits per heavy atom. The molecule has 1 saturated heterocycles. The van der Waals surface area contributed by atoms with Crippen LogP contribution < -0.4 is 10.6 Å². The molecule has 0 radical (unpaired) electrons. The van der Waals surface area contributed by atoms with E-state index in [1.54, 1.807) is 11.9 Å². The van der Waals surface area contributed by atoms with Crippen molar-refractivity contribution in [1.29, 1.82) is 0 Å². The summed E-state index contributed by atoms with van der Waals surface area (Å²) < 4.78 is 0. The molecule has 1 aromatic rings. The van der Waals surface area contributed by atoms with Crippen LogP contribution in [-0.2, 0) is 17.6 Å². The summed E-state index contributed by atoms with van der Waals surface area (Å²) in [5, 5.41) is 5.81. The fourth-order valence-corrected chi connectivity index (χ4v) is 3.22. The SMILES string of the molecule is CNC(=O)C1CNCCN1C(=O)c1ccc2c(c1)CCC2. The molecule has 112 valence electrons. The van der Waals surface area contributed by atoms with Gasteiger partial charge in [-0.05, 0) is 42.5 Å². The minimum atomic E-state index is -0.426. The van der Waals surface area contributed by atoms with Gasteiger partial charge >= 0.3 is 0 Å². The monoisotopic (exact) mass is 287 g/mol. The number of hydrogen-bond acceptors (Lipinski definition) is 3. The lowest BCUT2D eigenvalue weighted by Crippen LogP contribution is -2.59. The highest BCUT2D eigenvalue weighted by molar-refractivity contribution is 5.98. The minimum absolute atomic E-state index is 0.0419. The Kier molecular flexibility index (Phi) is 3.92. The van der Waals surface area contributed by atoms with Gasteiger partial charge in [0.15, 0.2) is 0 Å². The number of piperazine rings is 1. The third kappa shape index (κ3) is 2.65. The average Bonchev–Trinajstić information content (AvgIpc) is 3.01. The third-order valence-corrected chi connectivity index (χ3v) is 4.40.